The van der Waals surface area contributed by atoms with Gasteiger partial charge < -0.3 is 5.73 Å². The lowest BCUT2D eigenvalue weighted by Gasteiger charge is -2.18. The fraction of sp³-hybridized carbons (Fsp3) is 0.556. The third-order valence-corrected chi connectivity index (χ3v) is 2.75. The highest BCUT2D eigenvalue weighted by Gasteiger charge is 2.05. The topological polar surface area (TPSA) is 66.0 Å². The molecule has 1 aromatic rings. The second-order valence-corrected chi connectivity index (χ2v) is 4.05. The van der Waals surface area contributed by atoms with Crippen LogP contribution in [0, 0.1) is 5.41 Å². The van der Waals surface area contributed by atoms with E-state index < -0.39 is 0 Å². The second kappa shape index (κ2) is 5.72. The number of aromatic nitrogens is 1. The predicted octanol–water partition coefficient (Wildman–Crippen LogP) is 1.29. The molecule has 0 atom stereocenters. The zero-order valence-corrected chi connectivity index (χ0v) is 9.18. The van der Waals surface area contributed by atoms with Crippen LogP contribution in [0.5, 0.6) is 0 Å². The minimum absolute atomic E-state index is 0.252. The van der Waals surface area contributed by atoms with E-state index in [1.807, 2.05) is 11.6 Å². The van der Waals surface area contributed by atoms with Gasteiger partial charge in [0.05, 0.1) is 12.4 Å². The molecule has 0 aliphatic carbocycles. The van der Waals surface area contributed by atoms with Gasteiger partial charge in [-0.2, -0.15) is 0 Å². The Morgan fingerprint density at radius 3 is 3.00 bits per heavy atom. The summed E-state index contributed by atoms with van der Waals surface area (Å²) in [7, 11) is 0. The monoisotopic (exact) mass is 212 g/mol. The number of nitrogens with one attached hydrogen (secondary N) is 1. The van der Waals surface area contributed by atoms with Crippen LogP contribution in [0.25, 0.3) is 0 Å². The Hall–Kier alpha value is -0.940. The smallest absolute Gasteiger partial charge is 0.107 e. The van der Waals surface area contributed by atoms with E-state index in [-0.39, 0.29) is 5.84 Å². The molecule has 0 amide bonds. The molecule has 4 nitrogen and oxygen atoms in total. The van der Waals surface area contributed by atoms with Crippen molar-refractivity contribution < 1.29 is 0 Å². The van der Waals surface area contributed by atoms with E-state index in [1.165, 1.54) is 0 Å². The summed E-state index contributed by atoms with van der Waals surface area (Å²) in [6.45, 7) is 4.77. The maximum Gasteiger partial charge on any atom is 0.107 e. The van der Waals surface area contributed by atoms with Crippen LogP contribution < -0.4 is 5.73 Å². The molecule has 0 saturated carbocycles. The van der Waals surface area contributed by atoms with Gasteiger partial charge in [0, 0.05) is 24.5 Å². The first-order valence-electron chi connectivity index (χ1n) is 4.66. The predicted molar refractivity (Wildman–Crippen MR) is 59.6 cm³/mol. The van der Waals surface area contributed by atoms with Gasteiger partial charge in [-0.25, -0.2) is 4.98 Å². The molecule has 78 valence electrons. The van der Waals surface area contributed by atoms with Crippen molar-refractivity contribution in [2.24, 2.45) is 5.73 Å². The Labute approximate surface area is 88.3 Å². The van der Waals surface area contributed by atoms with Crippen LogP contribution in [-0.2, 0) is 6.54 Å². The number of nitrogens with zero attached hydrogens (tertiary/aromatic N) is 2. The Morgan fingerprint density at radius 2 is 2.50 bits per heavy atom. The zero-order valence-electron chi connectivity index (χ0n) is 8.36. The van der Waals surface area contributed by atoms with Crippen molar-refractivity contribution in [1.82, 2.24) is 9.88 Å². The molecule has 0 aliphatic heterocycles. The molecule has 1 heterocycles. The van der Waals surface area contributed by atoms with Crippen molar-refractivity contribution >= 4 is 17.2 Å². The molecule has 14 heavy (non-hydrogen) atoms. The van der Waals surface area contributed by atoms with Gasteiger partial charge >= 0.3 is 0 Å². The maximum atomic E-state index is 7.15. The lowest BCUT2D eigenvalue weighted by molar-refractivity contribution is 0.287. The SMILES string of the molecule is CCN(CCC(=N)N)Cc1nccs1. The summed E-state index contributed by atoms with van der Waals surface area (Å²) in [6, 6.07) is 0. The normalized spacial score (nSPS) is 10.7. The van der Waals surface area contributed by atoms with Crippen LogP contribution >= 0.6 is 11.3 Å². The third-order valence-electron chi connectivity index (χ3n) is 1.99. The fourth-order valence-corrected chi connectivity index (χ4v) is 1.81. The molecular formula is C9H16N4S. The average molecular weight is 212 g/mol. The number of hydrogen-bond acceptors (Lipinski definition) is 4. The van der Waals surface area contributed by atoms with E-state index >= 15 is 0 Å². The number of rotatable bonds is 6. The van der Waals surface area contributed by atoms with Gasteiger partial charge in [-0.1, -0.05) is 6.92 Å². The van der Waals surface area contributed by atoms with Crippen molar-refractivity contribution in [3.63, 3.8) is 0 Å². The molecule has 0 fully saturated rings. The zero-order chi connectivity index (χ0) is 10.4. The van der Waals surface area contributed by atoms with E-state index in [1.54, 1.807) is 11.3 Å². The molecule has 5 heteroatoms. The standard InChI is InChI=1S/C9H16N4S/c1-2-13(5-3-8(10)11)7-9-12-4-6-14-9/h4,6H,2-3,5,7H2,1H3,(H3,10,11). The highest BCUT2D eigenvalue weighted by Crippen LogP contribution is 2.07. The number of hydrogen-bond donors (Lipinski definition) is 2. The van der Waals surface area contributed by atoms with E-state index in [4.69, 9.17) is 11.1 Å². The first-order valence-corrected chi connectivity index (χ1v) is 5.54. The lowest BCUT2D eigenvalue weighted by Crippen LogP contribution is -2.27. The molecule has 1 aromatic heterocycles. The molecule has 0 unspecified atom stereocenters. The van der Waals surface area contributed by atoms with Crippen molar-refractivity contribution in [3.05, 3.63) is 16.6 Å². The van der Waals surface area contributed by atoms with Gasteiger partial charge in [0.25, 0.3) is 0 Å². The summed E-state index contributed by atoms with van der Waals surface area (Å²) in [4.78, 5) is 6.46. The molecule has 0 spiro atoms. The third kappa shape index (κ3) is 3.85. The number of amidine groups is 1. The van der Waals surface area contributed by atoms with Crippen molar-refractivity contribution in [3.8, 4) is 0 Å². The van der Waals surface area contributed by atoms with Gasteiger partial charge in [0.2, 0.25) is 0 Å². The van der Waals surface area contributed by atoms with E-state index in [0.29, 0.717) is 6.42 Å². The van der Waals surface area contributed by atoms with Crippen molar-refractivity contribution in [2.45, 2.75) is 19.9 Å². The maximum absolute atomic E-state index is 7.15. The highest BCUT2D eigenvalue weighted by atomic mass is 32.1. The molecule has 3 N–H and O–H groups in total. The molecule has 0 aliphatic rings. The molecule has 1 rings (SSSR count). The minimum atomic E-state index is 0.252. The Bertz CT molecular complexity index is 270. The van der Waals surface area contributed by atoms with Crippen LogP contribution in [0.2, 0.25) is 0 Å². The van der Waals surface area contributed by atoms with Crippen LogP contribution in [0.4, 0.5) is 0 Å². The summed E-state index contributed by atoms with van der Waals surface area (Å²) in [5, 5.41) is 10.3. The Balaban J connectivity index is 2.35. The highest BCUT2D eigenvalue weighted by molar-refractivity contribution is 7.09. The Morgan fingerprint density at radius 1 is 1.71 bits per heavy atom. The van der Waals surface area contributed by atoms with Gasteiger partial charge in [0.15, 0.2) is 0 Å². The van der Waals surface area contributed by atoms with Gasteiger partial charge in [-0.05, 0) is 6.54 Å². The molecule has 0 aromatic carbocycles. The van der Waals surface area contributed by atoms with Crippen molar-refractivity contribution in [2.75, 3.05) is 13.1 Å². The minimum Gasteiger partial charge on any atom is -0.388 e. The van der Waals surface area contributed by atoms with Crippen molar-refractivity contribution in [1.29, 1.82) is 5.41 Å². The van der Waals surface area contributed by atoms with Gasteiger partial charge in [0.1, 0.15) is 5.01 Å². The van der Waals surface area contributed by atoms with Gasteiger partial charge in [-0.15, -0.1) is 11.3 Å². The van der Waals surface area contributed by atoms with Crippen LogP contribution in [0.1, 0.15) is 18.4 Å². The fourth-order valence-electron chi connectivity index (χ4n) is 1.15. The van der Waals surface area contributed by atoms with Crippen LogP contribution in [-0.4, -0.2) is 28.8 Å². The first kappa shape index (κ1) is 11.1. The first-order chi connectivity index (χ1) is 6.72. The van der Waals surface area contributed by atoms with E-state index in [2.05, 4.69) is 16.8 Å². The summed E-state index contributed by atoms with van der Waals surface area (Å²) in [5.74, 6) is 0.252. The summed E-state index contributed by atoms with van der Waals surface area (Å²) < 4.78 is 0. The quantitative estimate of drug-likeness (QED) is 0.551. The van der Waals surface area contributed by atoms with Gasteiger partial charge in [-0.3, -0.25) is 10.3 Å². The second-order valence-electron chi connectivity index (χ2n) is 3.07. The molecule has 0 radical (unpaired) electrons. The summed E-state index contributed by atoms with van der Waals surface area (Å²) >= 11 is 1.66. The van der Waals surface area contributed by atoms with Crippen LogP contribution in [0.15, 0.2) is 11.6 Å². The molecule has 0 saturated heterocycles. The Kier molecular flexibility index (Phi) is 4.55. The summed E-state index contributed by atoms with van der Waals surface area (Å²) in [5.41, 5.74) is 5.31. The number of nitrogens with two attached hydrogens (primary N) is 1. The number of thiazole rings is 1. The van der Waals surface area contributed by atoms with E-state index in [0.717, 1.165) is 24.6 Å². The molecular weight excluding hydrogens is 196 g/mol. The average Bonchev–Trinajstić information content (AvgIpc) is 2.64. The lowest BCUT2D eigenvalue weighted by atomic mass is 10.3. The van der Waals surface area contributed by atoms with Crippen LogP contribution in [0.3, 0.4) is 0 Å². The molecule has 0 bridgehead atoms. The largest absolute Gasteiger partial charge is 0.388 e. The summed E-state index contributed by atoms with van der Waals surface area (Å²) in [6.07, 6.45) is 2.46. The van der Waals surface area contributed by atoms with E-state index in [9.17, 15) is 0 Å².